The van der Waals surface area contributed by atoms with E-state index in [1.165, 1.54) is 0 Å². The number of anilines is 1. The van der Waals surface area contributed by atoms with E-state index < -0.39 is 12.1 Å². The molecule has 1 saturated carbocycles. The molecule has 2 amide bonds. The van der Waals surface area contributed by atoms with Gasteiger partial charge in [-0.15, -0.1) is 0 Å². The summed E-state index contributed by atoms with van der Waals surface area (Å²) < 4.78 is 5.37. The Hall–Kier alpha value is -2.37. The molecule has 0 aromatic heterocycles. The number of amides is 2. The lowest BCUT2D eigenvalue weighted by atomic mass is 10.2. The Bertz CT molecular complexity index is 676. The molecule has 1 N–H and O–H groups in total. The van der Waals surface area contributed by atoms with Crippen LogP contribution in [-0.4, -0.2) is 41.9 Å². The third-order valence-corrected chi connectivity index (χ3v) is 4.86. The number of nitrogens with one attached hydrogen (secondary N) is 1. The fraction of sp³-hybridized carbons (Fsp3) is 0.550. The third-order valence-electron chi connectivity index (χ3n) is 4.86. The first kappa shape index (κ1) is 18.4. The highest BCUT2D eigenvalue weighted by Gasteiger charge is 2.30. The molecule has 0 radical (unpaired) electrons. The quantitative estimate of drug-likeness (QED) is 0.821. The van der Waals surface area contributed by atoms with Crippen LogP contribution in [0.25, 0.3) is 0 Å². The van der Waals surface area contributed by atoms with Crippen molar-refractivity contribution in [1.29, 1.82) is 0 Å². The number of hydrogen-bond acceptors (Lipinski definition) is 4. The van der Waals surface area contributed by atoms with Gasteiger partial charge in [0.1, 0.15) is 0 Å². The molecule has 1 aromatic carbocycles. The normalized spacial score (nSPS) is 18.6. The van der Waals surface area contributed by atoms with Gasteiger partial charge in [0.25, 0.3) is 5.91 Å². The minimum atomic E-state index is -0.815. The van der Waals surface area contributed by atoms with Crippen molar-refractivity contribution < 1.29 is 19.1 Å². The molecule has 6 nitrogen and oxygen atoms in total. The van der Waals surface area contributed by atoms with Crippen LogP contribution in [-0.2, 0) is 14.3 Å². The molecule has 1 unspecified atom stereocenters. The van der Waals surface area contributed by atoms with Crippen LogP contribution in [0.4, 0.5) is 5.69 Å². The highest BCUT2D eigenvalue weighted by atomic mass is 16.5. The maximum Gasteiger partial charge on any atom is 0.338 e. The molecule has 1 aromatic rings. The van der Waals surface area contributed by atoms with Crippen molar-refractivity contribution >= 4 is 23.5 Å². The summed E-state index contributed by atoms with van der Waals surface area (Å²) in [5, 5.41) is 2.81. The second-order valence-electron chi connectivity index (χ2n) is 7.13. The van der Waals surface area contributed by atoms with Crippen molar-refractivity contribution in [3.05, 3.63) is 29.8 Å². The van der Waals surface area contributed by atoms with E-state index >= 15 is 0 Å². The fourth-order valence-corrected chi connectivity index (χ4v) is 3.14. The molecule has 1 heterocycles. The standard InChI is InChI=1S/C20H26N2O4/c1-14(19(24)22-11-4-2-3-5-12-22)26-20(25)16-7-6-8-17(13-16)21-18(23)15-9-10-15/h6-8,13-15H,2-5,9-12H2,1H3,(H,21,23). The van der Waals surface area contributed by atoms with Crippen LogP contribution >= 0.6 is 0 Å². The minimum absolute atomic E-state index is 0.0137. The van der Waals surface area contributed by atoms with E-state index in [0.717, 1.165) is 51.6 Å². The largest absolute Gasteiger partial charge is 0.449 e. The lowest BCUT2D eigenvalue weighted by Crippen LogP contribution is -2.40. The summed E-state index contributed by atoms with van der Waals surface area (Å²) in [6, 6.07) is 6.65. The minimum Gasteiger partial charge on any atom is -0.449 e. The summed E-state index contributed by atoms with van der Waals surface area (Å²) >= 11 is 0. The summed E-state index contributed by atoms with van der Waals surface area (Å²) in [7, 11) is 0. The van der Waals surface area contributed by atoms with Crippen molar-refractivity contribution in [3.8, 4) is 0 Å². The van der Waals surface area contributed by atoms with E-state index in [4.69, 9.17) is 4.74 Å². The number of esters is 1. The summed E-state index contributed by atoms with van der Waals surface area (Å²) in [5.74, 6) is -0.612. The van der Waals surface area contributed by atoms with Crippen LogP contribution in [0, 0.1) is 5.92 Å². The first-order valence-electron chi connectivity index (χ1n) is 9.45. The smallest absolute Gasteiger partial charge is 0.338 e. The molecule has 140 valence electrons. The van der Waals surface area contributed by atoms with Crippen LogP contribution in [0.15, 0.2) is 24.3 Å². The van der Waals surface area contributed by atoms with Gasteiger partial charge in [0.15, 0.2) is 6.10 Å². The molecule has 0 spiro atoms. The SMILES string of the molecule is CC(OC(=O)c1cccc(NC(=O)C2CC2)c1)C(=O)N1CCCCCC1. The first-order chi connectivity index (χ1) is 12.5. The Morgan fingerprint density at radius 1 is 1.12 bits per heavy atom. The molecular formula is C20H26N2O4. The molecule has 3 rings (SSSR count). The van der Waals surface area contributed by atoms with Gasteiger partial charge in [-0.3, -0.25) is 9.59 Å². The van der Waals surface area contributed by atoms with Crippen LogP contribution in [0.5, 0.6) is 0 Å². The van der Waals surface area contributed by atoms with E-state index in [2.05, 4.69) is 5.32 Å². The van der Waals surface area contributed by atoms with E-state index in [-0.39, 0.29) is 17.7 Å². The zero-order valence-electron chi connectivity index (χ0n) is 15.2. The zero-order valence-corrected chi connectivity index (χ0v) is 15.2. The number of hydrogen-bond donors (Lipinski definition) is 1. The van der Waals surface area contributed by atoms with Crippen molar-refractivity contribution in [2.75, 3.05) is 18.4 Å². The third kappa shape index (κ3) is 4.84. The number of carbonyl (C=O) groups is 3. The highest BCUT2D eigenvalue weighted by Crippen LogP contribution is 2.30. The number of benzene rings is 1. The zero-order chi connectivity index (χ0) is 18.5. The average molecular weight is 358 g/mol. The Balaban J connectivity index is 1.57. The van der Waals surface area contributed by atoms with Gasteiger partial charge in [0.2, 0.25) is 5.91 Å². The second-order valence-corrected chi connectivity index (χ2v) is 7.13. The number of ether oxygens (including phenoxy) is 1. The Labute approximate surface area is 153 Å². The molecule has 6 heteroatoms. The van der Waals surface area contributed by atoms with E-state index in [9.17, 15) is 14.4 Å². The second kappa shape index (κ2) is 8.34. The number of nitrogens with zero attached hydrogens (tertiary/aromatic N) is 1. The monoisotopic (exact) mass is 358 g/mol. The van der Waals surface area contributed by atoms with E-state index in [1.54, 1.807) is 36.1 Å². The summed E-state index contributed by atoms with van der Waals surface area (Å²) in [6.07, 6.45) is 5.29. The number of carbonyl (C=O) groups excluding carboxylic acids is 3. The van der Waals surface area contributed by atoms with Crippen LogP contribution in [0.1, 0.15) is 55.8 Å². The van der Waals surface area contributed by atoms with Crippen LogP contribution in [0.2, 0.25) is 0 Å². The predicted molar refractivity (Wildman–Crippen MR) is 97.7 cm³/mol. The lowest BCUT2D eigenvalue weighted by molar-refractivity contribution is -0.139. The molecule has 1 aliphatic heterocycles. The van der Waals surface area contributed by atoms with Crippen LogP contribution in [0.3, 0.4) is 0 Å². The van der Waals surface area contributed by atoms with Crippen molar-refractivity contribution in [2.45, 2.75) is 51.6 Å². The van der Waals surface area contributed by atoms with E-state index in [1.807, 2.05) is 0 Å². The Kier molecular flexibility index (Phi) is 5.91. The topological polar surface area (TPSA) is 75.7 Å². The van der Waals surface area contributed by atoms with Gasteiger partial charge >= 0.3 is 5.97 Å². The molecule has 2 fully saturated rings. The first-order valence-corrected chi connectivity index (χ1v) is 9.45. The molecule has 1 aliphatic carbocycles. The van der Waals surface area contributed by atoms with Crippen molar-refractivity contribution in [1.82, 2.24) is 4.90 Å². The Morgan fingerprint density at radius 2 is 1.81 bits per heavy atom. The van der Waals surface area contributed by atoms with E-state index in [0.29, 0.717) is 11.3 Å². The maximum absolute atomic E-state index is 12.5. The summed E-state index contributed by atoms with van der Waals surface area (Å²) in [5.41, 5.74) is 0.900. The summed E-state index contributed by atoms with van der Waals surface area (Å²) in [6.45, 7) is 3.07. The van der Waals surface area contributed by atoms with Crippen molar-refractivity contribution in [3.63, 3.8) is 0 Å². The molecule has 2 aliphatic rings. The molecule has 26 heavy (non-hydrogen) atoms. The van der Waals surface area contributed by atoms with Gasteiger partial charge in [0, 0.05) is 24.7 Å². The molecular weight excluding hydrogens is 332 g/mol. The molecule has 1 atom stereocenters. The van der Waals surface area contributed by atoms with Crippen molar-refractivity contribution in [2.24, 2.45) is 5.92 Å². The highest BCUT2D eigenvalue weighted by molar-refractivity contribution is 5.97. The van der Waals surface area contributed by atoms with Gasteiger partial charge < -0.3 is 15.0 Å². The predicted octanol–water partition coefficient (Wildman–Crippen LogP) is 2.98. The average Bonchev–Trinajstić information content (AvgIpc) is 3.48. The number of rotatable bonds is 5. The van der Waals surface area contributed by atoms with Gasteiger partial charge in [0.05, 0.1) is 5.56 Å². The molecule has 1 saturated heterocycles. The Morgan fingerprint density at radius 3 is 2.46 bits per heavy atom. The van der Waals surface area contributed by atoms with Gasteiger partial charge in [-0.05, 0) is 50.8 Å². The van der Waals surface area contributed by atoms with Gasteiger partial charge in [-0.2, -0.15) is 0 Å². The lowest BCUT2D eigenvalue weighted by Gasteiger charge is -2.24. The fourth-order valence-electron chi connectivity index (χ4n) is 3.14. The number of likely N-dealkylation sites (tertiary alicyclic amines) is 1. The maximum atomic E-state index is 12.5. The molecule has 0 bridgehead atoms. The summed E-state index contributed by atoms with van der Waals surface area (Å²) in [4.78, 5) is 38.5. The van der Waals surface area contributed by atoms with Gasteiger partial charge in [-0.1, -0.05) is 18.9 Å². The van der Waals surface area contributed by atoms with Crippen LogP contribution < -0.4 is 5.32 Å². The van der Waals surface area contributed by atoms with Gasteiger partial charge in [-0.25, -0.2) is 4.79 Å².